The molecule has 3 rings (SSSR count). The first-order chi connectivity index (χ1) is 15.6. The molecule has 2 atom stereocenters. The highest BCUT2D eigenvalue weighted by Gasteiger charge is 2.53. The number of ketones is 1. The van der Waals surface area contributed by atoms with Crippen molar-refractivity contribution in [2.24, 2.45) is 10.7 Å². The molecule has 34 heavy (non-hydrogen) atoms. The molecule has 1 aliphatic heterocycles. The zero-order chi connectivity index (χ0) is 25.5. The highest BCUT2D eigenvalue weighted by molar-refractivity contribution is 7.93. The summed E-state index contributed by atoms with van der Waals surface area (Å²) in [7, 11) is -2.92. The number of halogens is 4. The number of methoxy groups -OCH3 is 1. The number of hydrogen-bond donors (Lipinski definition) is 1. The maximum absolute atomic E-state index is 14.8. The van der Waals surface area contributed by atoms with Crippen molar-refractivity contribution in [2.45, 2.75) is 36.7 Å². The van der Waals surface area contributed by atoms with Gasteiger partial charge >= 0.3 is 6.18 Å². The zero-order valence-corrected chi connectivity index (χ0v) is 19.6. The van der Waals surface area contributed by atoms with Crippen molar-refractivity contribution in [1.82, 2.24) is 0 Å². The van der Waals surface area contributed by atoms with Crippen LogP contribution in [0.15, 0.2) is 47.5 Å². The first-order valence-electron chi connectivity index (χ1n) is 10.2. The van der Waals surface area contributed by atoms with E-state index in [1.54, 1.807) is 0 Å². The molecule has 0 unspecified atom stereocenters. The Morgan fingerprint density at radius 2 is 1.85 bits per heavy atom. The third-order valence-electron chi connectivity index (χ3n) is 6.01. The van der Waals surface area contributed by atoms with Gasteiger partial charge in [0.1, 0.15) is 23.8 Å². The number of hydrogen-bond acceptors (Lipinski definition) is 6. The summed E-state index contributed by atoms with van der Waals surface area (Å²) in [6.45, 7) is 2.42. The fraction of sp³-hybridized carbons (Fsp3) is 0.391. The second-order valence-electron chi connectivity index (χ2n) is 8.60. The summed E-state index contributed by atoms with van der Waals surface area (Å²) < 4.78 is 84.2. The quantitative estimate of drug-likeness (QED) is 0.612. The van der Waals surface area contributed by atoms with Crippen molar-refractivity contribution in [1.29, 1.82) is 0 Å². The Kier molecular flexibility index (Phi) is 6.66. The van der Waals surface area contributed by atoms with E-state index in [9.17, 15) is 30.8 Å². The molecule has 2 aromatic rings. The van der Waals surface area contributed by atoms with E-state index in [-0.39, 0.29) is 29.9 Å². The maximum Gasteiger partial charge on any atom is 0.416 e. The average Bonchev–Trinajstić information content (AvgIpc) is 2.72. The molecular weight excluding hydrogens is 476 g/mol. The lowest BCUT2D eigenvalue weighted by Gasteiger charge is -2.40. The van der Waals surface area contributed by atoms with E-state index in [4.69, 9.17) is 10.5 Å². The zero-order valence-electron chi connectivity index (χ0n) is 18.7. The van der Waals surface area contributed by atoms with Crippen molar-refractivity contribution in [2.75, 3.05) is 19.5 Å². The number of alkyl halides is 3. The SMILES string of the molecule is COCC(=O)Cc1ccc(F)c([C@]2(C)CS(=O)(=O)[C@@](C)(c3cccc(C(F)(F)F)c3)C(N)=N2)c1. The van der Waals surface area contributed by atoms with Crippen LogP contribution >= 0.6 is 0 Å². The molecule has 1 aliphatic rings. The standard InChI is InChI=1S/C23H24F4N2O4S/c1-21(18-10-14(7-8-19(18)24)9-17(30)12-33-3)13-34(31,32)22(2,20(28)29-21)15-5-4-6-16(11-15)23(25,26)27/h4-8,10-11H,9,12-13H2,1-3H3,(H2,28,29)/t21-,22-/m0/s1. The Balaban J connectivity index is 2.12. The highest BCUT2D eigenvalue weighted by Crippen LogP contribution is 2.43. The number of nitrogens with zero attached hydrogens (tertiary/aromatic N) is 1. The van der Waals surface area contributed by atoms with Gasteiger partial charge in [-0.2, -0.15) is 13.2 Å². The molecule has 0 bridgehead atoms. The van der Waals surface area contributed by atoms with Crippen molar-refractivity contribution < 1.29 is 35.5 Å². The van der Waals surface area contributed by atoms with Crippen LogP contribution in [0.3, 0.4) is 0 Å². The molecule has 0 radical (unpaired) electrons. The van der Waals surface area contributed by atoms with Crippen LogP contribution in [-0.2, 0) is 42.3 Å². The van der Waals surface area contributed by atoms with Gasteiger partial charge in [-0.3, -0.25) is 9.79 Å². The number of nitrogens with two attached hydrogens (primary N) is 1. The number of carbonyl (C=O) groups is 1. The molecule has 0 aromatic heterocycles. The summed E-state index contributed by atoms with van der Waals surface area (Å²) >= 11 is 0. The molecule has 0 aliphatic carbocycles. The number of benzene rings is 2. The maximum atomic E-state index is 14.8. The van der Waals surface area contributed by atoms with Crippen LogP contribution < -0.4 is 5.73 Å². The van der Waals surface area contributed by atoms with Crippen LogP contribution in [0.4, 0.5) is 17.6 Å². The van der Waals surface area contributed by atoms with E-state index in [1.165, 1.54) is 39.2 Å². The van der Waals surface area contributed by atoms with E-state index in [0.29, 0.717) is 5.56 Å². The normalized spacial score (nSPS) is 24.5. The predicted octanol–water partition coefficient (Wildman–Crippen LogP) is 3.52. The monoisotopic (exact) mass is 500 g/mol. The van der Waals surface area contributed by atoms with Gasteiger partial charge in [0.25, 0.3) is 0 Å². The molecule has 11 heteroatoms. The number of amidine groups is 1. The van der Waals surface area contributed by atoms with Crippen molar-refractivity contribution in [3.05, 3.63) is 70.5 Å². The van der Waals surface area contributed by atoms with Gasteiger partial charge in [0.15, 0.2) is 20.4 Å². The van der Waals surface area contributed by atoms with Crippen LogP contribution in [-0.4, -0.2) is 39.5 Å². The van der Waals surface area contributed by atoms with Crippen molar-refractivity contribution in [3.63, 3.8) is 0 Å². The Morgan fingerprint density at radius 3 is 2.44 bits per heavy atom. The largest absolute Gasteiger partial charge is 0.416 e. The van der Waals surface area contributed by atoms with Crippen LogP contribution in [0, 0.1) is 5.82 Å². The molecule has 2 aromatic carbocycles. The van der Waals surface area contributed by atoms with Crippen LogP contribution in [0.25, 0.3) is 0 Å². The fourth-order valence-electron chi connectivity index (χ4n) is 4.07. The van der Waals surface area contributed by atoms with Crippen LogP contribution in [0.2, 0.25) is 0 Å². The van der Waals surface area contributed by atoms with Crippen molar-refractivity contribution >= 4 is 21.5 Å². The average molecular weight is 501 g/mol. The molecule has 1 heterocycles. The highest BCUT2D eigenvalue weighted by atomic mass is 32.2. The molecule has 2 N–H and O–H groups in total. The topological polar surface area (TPSA) is 98.8 Å². The Labute approximate surface area is 194 Å². The van der Waals surface area contributed by atoms with Gasteiger partial charge < -0.3 is 10.5 Å². The molecule has 0 fully saturated rings. The summed E-state index contributed by atoms with van der Waals surface area (Å²) in [5, 5.41) is 0. The Morgan fingerprint density at radius 1 is 1.18 bits per heavy atom. The minimum Gasteiger partial charge on any atom is -0.386 e. The van der Waals surface area contributed by atoms with Crippen LogP contribution in [0.5, 0.6) is 0 Å². The number of aliphatic imine (C=N–C) groups is 1. The Bertz CT molecular complexity index is 1260. The fourth-order valence-corrected chi connectivity index (χ4v) is 6.17. The number of sulfone groups is 1. The van der Waals surface area contributed by atoms with E-state index in [1.807, 2.05) is 0 Å². The number of Topliss-reactive ketones (excluding diaryl/α,β-unsaturated/α-hetero) is 1. The molecule has 0 amide bonds. The summed E-state index contributed by atoms with van der Waals surface area (Å²) in [4.78, 5) is 16.2. The van der Waals surface area contributed by atoms with Gasteiger partial charge in [0.2, 0.25) is 0 Å². The van der Waals surface area contributed by atoms with E-state index in [0.717, 1.165) is 24.3 Å². The molecule has 6 nitrogen and oxygen atoms in total. The first kappa shape index (κ1) is 25.8. The predicted molar refractivity (Wildman–Crippen MR) is 119 cm³/mol. The van der Waals surface area contributed by atoms with Crippen molar-refractivity contribution in [3.8, 4) is 0 Å². The minimum atomic E-state index is -4.69. The molecular formula is C23H24F4N2O4S. The van der Waals surface area contributed by atoms with Gasteiger partial charge in [-0.05, 0) is 49.2 Å². The lowest BCUT2D eigenvalue weighted by atomic mass is 9.90. The lowest BCUT2D eigenvalue weighted by Crippen LogP contribution is -2.54. The lowest BCUT2D eigenvalue weighted by molar-refractivity contribution is -0.137. The summed E-state index contributed by atoms with van der Waals surface area (Å²) in [6.07, 6.45) is -4.75. The third-order valence-corrected chi connectivity index (χ3v) is 8.64. The molecule has 0 spiro atoms. The van der Waals surface area contributed by atoms with Gasteiger partial charge in [0, 0.05) is 19.1 Å². The minimum absolute atomic E-state index is 0.0644. The van der Waals surface area contributed by atoms with E-state index in [2.05, 4.69) is 4.99 Å². The summed E-state index contributed by atoms with van der Waals surface area (Å²) in [5.74, 6) is -2.18. The number of rotatable bonds is 6. The molecule has 184 valence electrons. The van der Waals surface area contributed by atoms with Gasteiger partial charge in [-0.1, -0.05) is 18.2 Å². The smallest absolute Gasteiger partial charge is 0.386 e. The first-order valence-corrected chi connectivity index (χ1v) is 11.8. The number of carbonyl (C=O) groups excluding carboxylic acids is 1. The van der Waals surface area contributed by atoms with Crippen LogP contribution in [0.1, 0.15) is 36.1 Å². The summed E-state index contributed by atoms with van der Waals surface area (Å²) in [6, 6.07) is 7.74. The second kappa shape index (κ2) is 8.77. The molecule has 0 saturated carbocycles. The summed E-state index contributed by atoms with van der Waals surface area (Å²) in [5.41, 5.74) is 3.56. The van der Waals surface area contributed by atoms with E-state index < -0.39 is 49.3 Å². The Hall–Kier alpha value is -2.79. The molecule has 0 saturated heterocycles. The van der Waals surface area contributed by atoms with Gasteiger partial charge in [-0.15, -0.1) is 0 Å². The second-order valence-corrected chi connectivity index (χ2v) is 10.9. The third kappa shape index (κ3) is 4.58. The van der Waals surface area contributed by atoms with Gasteiger partial charge in [0.05, 0.1) is 11.3 Å². The van der Waals surface area contributed by atoms with E-state index >= 15 is 0 Å². The van der Waals surface area contributed by atoms with Gasteiger partial charge in [-0.25, -0.2) is 12.8 Å². The number of ether oxygens (including phenoxy) is 1.